The van der Waals surface area contributed by atoms with E-state index in [4.69, 9.17) is 18.9 Å². The number of fused-ring (bicyclic) bond motifs is 3. The summed E-state index contributed by atoms with van der Waals surface area (Å²) < 4.78 is 22.2. The Balaban J connectivity index is 1.63. The van der Waals surface area contributed by atoms with Crippen LogP contribution in [0.15, 0.2) is 12.1 Å². The Morgan fingerprint density at radius 3 is 2.76 bits per heavy atom. The zero-order valence-electron chi connectivity index (χ0n) is 18.7. The van der Waals surface area contributed by atoms with Crippen molar-refractivity contribution in [2.24, 2.45) is 11.3 Å². The van der Waals surface area contributed by atoms with E-state index in [9.17, 15) is 14.4 Å². The van der Waals surface area contributed by atoms with Gasteiger partial charge in [-0.3, -0.25) is 14.6 Å². The van der Waals surface area contributed by atoms with Gasteiger partial charge in [0.15, 0.2) is 17.0 Å². The first kappa shape index (κ1) is 19.6. The Morgan fingerprint density at radius 1 is 1.12 bits per heavy atom. The molecule has 2 saturated heterocycles. The molecule has 9 nitrogen and oxygen atoms in total. The maximum Gasteiger partial charge on any atom is 0.415 e. The molecule has 0 radical (unpaired) electrons. The molecule has 4 bridgehead atoms. The van der Waals surface area contributed by atoms with Crippen LogP contribution in [0.3, 0.4) is 0 Å². The lowest BCUT2D eigenvalue weighted by atomic mass is 9.41. The molecule has 6 aliphatic rings. The summed E-state index contributed by atoms with van der Waals surface area (Å²) in [5, 5.41) is 0. The zero-order chi connectivity index (χ0) is 22.8. The fraction of sp³-hybridized carbons (Fsp3) is 0.625. The molecule has 5 atom stereocenters. The first-order valence-corrected chi connectivity index (χ1v) is 11.6. The lowest BCUT2D eigenvalue weighted by molar-refractivity contribution is -0.166. The number of hydrogen-bond donors (Lipinski definition) is 0. The van der Waals surface area contributed by atoms with Crippen molar-refractivity contribution in [2.45, 2.75) is 49.1 Å². The number of piperidine rings is 1. The van der Waals surface area contributed by atoms with Gasteiger partial charge >= 0.3 is 12.1 Å². The summed E-state index contributed by atoms with van der Waals surface area (Å²) in [4.78, 5) is 45.1. The Morgan fingerprint density at radius 2 is 1.97 bits per heavy atom. The Bertz CT molecular complexity index is 1140. The highest BCUT2D eigenvalue weighted by Crippen LogP contribution is 2.75. The third-order valence-corrected chi connectivity index (χ3v) is 9.49. The quantitative estimate of drug-likeness (QED) is 0.595. The molecule has 1 aromatic carbocycles. The summed E-state index contributed by atoms with van der Waals surface area (Å²) in [7, 11) is 2.66. The molecule has 0 unspecified atom stereocenters. The molecular formula is C24H26N2O7. The van der Waals surface area contributed by atoms with E-state index in [0.717, 1.165) is 24.9 Å². The highest BCUT2D eigenvalue weighted by molar-refractivity contribution is 6.08. The summed E-state index contributed by atoms with van der Waals surface area (Å²) >= 11 is 0. The molecule has 0 aromatic heterocycles. The van der Waals surface area contributed by atoms with Crippen LogP contribution in [-0.4, -0.2) is 68.4 Å². The molecular weight excluding hydrogens is 428 g/mol. The average Bonchev–Trinajstić information content (AvgIpc) is 3.49. The number of rotatable bonds is 1. The van der Waals surface area contributed by atoms with Crippen LogP contribution in [-0.2, 0) is 24.5 Å². The number of nitrogens with zero attached hydrogens (tertiary/aromatic N) is 2. The number of anilines is 1. The topological polar surface area (TPSA) is 94.6 Å². The Labute approximate surface area is 190 Å². The lowest BCUT2D eigenvalue weighted by Crippen LogP contribution is -2.78. The zero-order valence-corrected chi connectivity index (χ0v) is 18.7. The van der Waals surface area contributed by atoms with E-state index in [2.05, 4.69) is 4.90 Å². The van der Waals surface area contributed by atoms with E-state index in [1.807, 2.05) is 12.1 Å². The van der Waals surface area contributed by atoms with Crippen molar-refractivity contribution in [1.82, 2.24) is 4.90 Å². The molecule has 1 aromatic rings. The molecule has 0 N–H and O–H groups in total. The van der Waals surface area contributed by atoms with Gasteiger partial charge < -0.3 is 18.9 Å². The molecule has 7 rings (SSSR count). The van der Waals surface area contributed by atoms with Crippen molar-refractivity contribution in [3.05, 3.63) is 17.7 Å². The number of esters is 1. The summed E-state index contributed by atoms with van der Waals surface area (Å²) in [5.41, 5.74) is -1.22. The molecule has 4 aliphatic heterocycles. The molecule has 33 heavy (non-hydrogen) atoms. The van der Waals surface area contributed by atoms with E-state index in [-0.39, 0.29) is 24.0 Å². The molecule has 1 spiro atoms. The molecule has 2 saturated carbocycles. The summed E-state index contributed by atoms with van der Waals surface area (Å²) in [5.74, 6) is 0.206. The van der Waals surface area contributed by atoms with E-state index >= 15 is 0 Å². The van der Waals surface area contributed by atoms with Crippen molar-refractivity contribution in [3.8, 4) is 11.5 Å². The Hall–Kier alpha value is -2.81. The molecule has 9 heteroatoms. The fourth-order valence-corrected chi connectivity index (χ4v) is 8.76. The number of carbonyl (C=O) groups excluding carboxylic acids is 3. The number of ether oxygens (including phenoxy) is 4. The van der Waals surface area contributed by atoms with Crippen molar-refractivity contribution < 1.29 is 33.3 Å². The minimum atomic E-state index is -1.39. The van der Waals surface area contributed by atoms with Gasteiger partial charge in [-0.2, -0.15) is 0 Å². The van der Waals surface area contributed by atoms with Gasteiger partial charge in [-0.15, -0.1) is 0 Å². The van der Waals surface area contributed by atoms with E-state index in [1.165, 1.54) is 19.1 Å². The largest absolute Gasteiger partial charge is 0.467 e. The predicted molar refractivity (Wildman–Crippen MR) is 113 cm³/mol. The standard InChI is InChI=1S/C24H26N2O7/c1-30-20(28)23-8-7-22-6-3-9-25-11-14(15(27)10-22)24(23,19(22)25)13-4-5-16-18(33-12-32-16)17(13)26(23)21(29)31-2/h4-5,14,19H,3,6-12H2,1-2H3/t14-,19+,22-,23-,24+/m1/s1. The second-order valence-corrected chi connectivity index (χ2v) is 10.3. The summed E-state index contributed by atoms with van der Waals surface area (Å²) in [6.07, 6.45) is 2.94. The SMILES string of the molecule is COC(=O)N1c2c(ccc3c2OCO3)[C@@]23[C@@H]4CN5CCC[C@@](CC[C@]12C(=O)OC)(CC4=O)[C@H]53. The highest BCUT2D eigenvalue weighted by Gasteiger charge is 2.84. The molecule has 174 valence electrons. The predicted octanol–water partition coefficient (Wildman–Crippen LogP) is 2.00. The van der Waals surface area contributed by atoms with Gasteiger partial charge in [0.2, 0.25) is 6.79 Å². The number of ketones is 1. The van der Waals surface area contributed by atoms with Crippen molar-refractivity contribution in [1.29, 1.82) is 0 Å². The first-order valence-electron chi connectivity index (χ1n) is 11.6. The van der Waals surface area contributed by atoms with Crippen LogP contribution in [0, 0.1) is 11.3 Å². The lowest BCUT2D eigenvalue weighted by Gasteiger charge is -2.64. The van der Waals surface area contributed by atoms with Crippen LogP contribution in [0.5, 0.6) is 11.5 Å². The van der Waals surface area contributed by atoms with Gasteiger partial charge in [0.1, 0.15) is 5.78 Å². The normalized spacial score (nSPS) is 39.2. The van der Waals surface area contributed by atoms with Crippen LogP contribution in [0.25, 0.3) is 0 Å². The number of benzene rings is 1. The number of amides is 1. The van der Waals surface area contributed by atoms with Crippen molar-refractivity contribution >= 4 is 23.5 Å². The third kappa shape index (κ3) is 1.84. The van der Waals surface area contributed by atoms with E-state index < -0.39 is 28.9 Å². The maximum absolute atomic E-state index is 13.9. The molecule has 4 heterocycles. The van der Waals surface area contributed by atoms with Crippen LogP contribution in [0.2, 0.25) is 0 Å². The van der Waals surface area contributed by atoms with Crippen LogP contribution < -0.4 is 14.4 Å². The Kier molecular flexibility index (Phi) is 3.57. The second-order valence-electron chi connectivity index (χ2n) is 10.3. The smallest absolute Gasteiger partial charge is 0.415 e. The molecule has 1 amide bonds. The van der Waals surface area contributed by atoms with Gasteiger partial charge in [-0.1, -0.05) is 6.07 Å². The van der Waals surface area contributed by atoms with Gasteiger partial charge in [0.25, 0.3) is 0 Å². The number of hydrogen-bond acceptors (Lipinski definition) is 8. The van der Waals surface area contributed by atoms with Crippen molar-refractivity contribution in [2.75, 3.05) is 39.0 Å². The van der Waals surface area contributed by atoms with Gasteiger partial charge in [0.05, 0.1) is 25.3 Å². The van der Waals surface area contributed by atoms with Gasteiger partial charge in [-0.05, 0) is 49.3 Å². The highest BCUT2D eigenvalue weighted by atomic mass is 16.7. The van der Waals surface area contributed by atoms with Crippen LogP contribution in [0.1, 0.15) is 37.7 Å². The monoisotopic (exact) mass is 454 g/mol. The average molecular weight is 454 g/mol. The maximum atomic E-state index is 13.9. The van der Waals surface area contributed by atoms with Gasteiger partial charge in [0, 0.05) is 24.9 Å². The van der Waals surface area contributed by atoms with E-state index in [0.29, 0.717) is 43.0 Å². The van der Waals surface area contributed by atoms with Crippen LogP contribution >= 0.6 is 0 Å². The van der Waals surface area contributed by atoms with Gasteiger partial charge in [-0.25, -0.2) is 9.59 Å². The summed E-state index contributed by atoms with van der Waals surface area (Å²) in [6, 6.07) is 3.73. The second kappa shape index (κ2) is 6.00. The molecule has 2 aliphatic carbocycles. The van der Waals surface area contributed by atoms with E-state index in [1.54, 1.807) is 0 Å². The first-order chi connectivity index (χ1) is 16.0. The van der Waals surface area contributed by atoms with Crippen LogP contribution in [0.4, 0.5) is 10.5 Å². The minimum absolute atomic E-state index is 0.0286. The fourth-order valence-electron chi connectivity index (χ4n) is 8.76. The summed E-state index contributed by atoms with van der Waals surface area (Å²) in [6.45, 7) is 1.50. The minimum Gasteiger partial charge on any atom is -0.467 e. The number of methoxy groups -OCH3 is 2. The third-order valence-electron chi connectivity index (χ3n) is 9.49. The number of Topliss-reactive ketones (excluding diaryl/α,β-unsaturated/α-hetero) is 1. The van der Waals surface area contributed by atoms with Crippen molar-refractivity contribution in [3.63, 3.8) is 0 Å². The number of carbonyl (C=O) groups is 3. The molecule has 4 fully saturated rings.